The van der Waals surface area contributed by atoms with E-state index in [9.17, 15) is 0 Å². The molecule has 0 unspecified atom stereocenters. The molecule has 9 aromatic carbocycles. The van der Waals surface area contributed by atoms with Crippen LogP contribution in [0, 0.1) is 291 Å². The highest BCUT2D eigenvalue weighted by Crippen LogP contribution is 2.46. The van der Waals surface area contributed by atoms with Gasteiger partial charge in [0.2, 0.25) is 0 Å². The van der Waals surface area contributed by atoms with Gasteiger partial charge in [0, 0.05) is 39.3 Å². The van der Waals surface area contributed by atoms with Gasteiger partial charge in [-0.3, -0.25) is 4.57 Å². The third-order valence-electron chi connectivity index (χ3n) is 30.3. The minimum atomic E-state index is 1.07. The fourth-order valence-electron chi connectivity index (χ4n) is 19.1. The molecule has 0 N–H and O–H groups in total. The summed E-state index contributed by atoms with van der Waals surface area (Å²) in [4.78, 5) is 24.6. The molecule has 0 saturated carbocycles. The monoisotopic (exact) mass is 1540 g/mol. The molecule has 0 radical (unpaired) electrons. The van der Waals surface area contributed by atoms with Crippen LogP contribution in [0.15, 0.2) is 0 Å². The van der Waals surface area contributed by atoms with Crippen LogP contribution < -0.4 is 0 Å². The summed E-state index contributed by atoms with van der Waals surface area (Å²) in [6.45, 7) is 93.2. The number of hydrogen-bond acceptors (Lipinski definition) is 5. The molecule has 14 rings (SSSR count). The summed E-state index contributed by atoms with van der Waals surface area (Å²) in [5.41, 5.74) is 72.3. The first-order chi connectivity index (χ1) is 53.3. The molecular weight excluding hydrogens is 1400 g/mol. The van der Waals surface area contributed by atoms with E-state index in [0.29, 0.717) is 0 Å². The first-order valence-electron chi connectivity index (χ1n) is 41.7. The van der Waals surface area contributed by atoms with Gasteiger partial charge in [0.25, 0.3) is 0 Å². The van der Waals surface area contributed by atoms with Gasteiger partial charge in [-0.15, -0.1) is 0 Å². The van der Waals surface area contributed by atoms with Crippen LogP contribution in [0.3, 0.4) is 0 Å². The molecule has 0 aliphatic carbocycles. The van der Waals surface area contributed by atoms with Gasteiger partial charge < -0.3 is 18.3 Å². The van der Waals surface area contributed by atoms with Crippen LogP contribution >= 0.6 is 0 Å². The molecule has 10 nitrogen and oxygen atoms in total. The molecule has 0 amide bonds. The Labute approximate surface area is 691 Å². The Kier molecular flexibility index (Phi) is 24.2. The molecule has 14 aromatic rings. The number of rotatable bonds is 4. The number of fused-ring (bicyclic) bond motifs is 5. The van der Waals surface area contributed by atoms with Gasteiger partial charge in [0.1, 0.15) is 29.1 Å². The molecule has 0 atom stereocenters. The van der Waals surface area contributed by atoms with Crippen molar-refractivity contribution in [1.82, 2.24) is 47.8 Å². The zero-order chi connectivity index (χ0) is 86.5. The van der Waals surface area contributed by atoms with Crippen molar-refractivity contribution in [2.75, 3.05) is 0 Å². The standard InChI is InChI=1S/4C23H30N2.C13H18N2/c1-11-13(3)17(7)22(18(8)14(11)4)25-20(10)24-21-16(6)12(2)15(5)19(9)23(21)25;1-11-12(2)16(6)20(17(7)13(11)3)23-24-21-18(8)14(4)15(5)19(9)22(21)25(23)10;1-11-12(2)15(5)20(16(6)13(11)3)21-17(7)14(4)18(8)23-22(21)24-19(9)25(23)10;1-11-12(2)14(4)20(15(5)13(11)3)21-16(6)17(7)23-22(18(21)8)24-19(9)25(23)10;1-7-8(2)10(4)13-12(9(7)3)14-11(5)15(13)6/h4*1-10H3;1-6H3. The second kappa shape index (κ2) is 31.7. The lowest BCUT2D eigenvalue weighted by Crippen LogP contribution is -2.08. The van der Waals surface area contributed by atoms with E-state index in [1.165, 1.54) is 272 Å². The molecule has 5 heterocycles. The predicted molar refractivity (Wildman–Crippen MR) is 499 cm³/mol. The fourth-order valence-corrected chi connectivity index (χ4v) is 19.1. The third kappa shape index (κ3) is 13.7. The number of aromatic nitrogens is 10. The van der Waals surface area contributed by atoms with E-state index in [-0.39, 0.29) is 0 Å². The number of imidazole rings is 5. The summed E-state index contributed by atoms with van der Waals surface area (Å²) >= 11 is 0. The minimum absolute atomic E-state index is 1.07. The van der Waals surface area contributed by atoms with Crippen molar-refractivity contribution in [3.8, 4) is 39.3 Å². The van der Waals surface area contributed by atoms with Crippen molar-refractivity contribution in [2.24, 2.45) is 28.2 Å². The zero-order valence-corrected chi connectivity index (χ0v) is 80.0. The van der Waals surface area contributed by atoms with E-state index in [2.05, 4.69) is 347 Å². The highest BCUT2D eigenvalue weighted by molar-refractivity contribution is 6.00. The maximum absolute atomic E-state index is 5.14. The summed E-state index contributed by atoms with van der Waals surface area (Å²) in [6, 6.07) is 0. The maximum Gasteiger partial charge on any atom is 0.141 e. The number of hydrogen-bond donors (Lipinski definition) is 0. The number of nitrogens with zero attached hydrogens (tertiary/aromatic N) is 10. The second-order valence-electron chi connectivity index (χ2n) is 35.1. The van der Waals surface area contributed by atoms with Gasteiger partial charge >= 0.3 is 0 Å². The largest absolute Gasteiger partial charge is 0.331 e. The molecule has 608 valence electrons. The average Bonchev–Trinajstić information content (AvgIpc) is 1.70. The SMILES string of the molecule is Cc1c(C)c(C)c(-c2c(C)c(C)c(C)c3c2nc(C)n3C)c(C)c1C.Cc1c(C)c(C)c(-c2c(C)c(C)c3c(nc(C)n3C)c2C)c(C)c1C.Cc1c(C)c(C)c(-c2nc3c(C)c(C)c(C)c(C)c3n2C)c(C)c1C.Cc1c(C)c(C)c(-n2c(C)nc3c(C)c(C)c(C)c(C)c32)c(C)c1C.Cc1c(C)c(C)c2c(nc(C)n2C)c1C. The van der Waals surface area contributed by atoms with Crippen LogP contribution in [-0.4, -0.2) is 47.8 Å². The Morgan fingerprint density at radius 3 is 0.687 bits per heavy atom. The van der Waals surface area contributed by atoms with E-state index in [4.69, 9.17) is 19.9 Å². The van der Waals surface area contributed by atoms with Crippen LogP contribution in [0.2, 0.25) is 0 Å². The van der Waals surface area contributed by atoms with Crippen molar-refractivity contribution >= 4 is 55.2 Å². The first kappa shape index (κ1) is 87.7. The Bertz CT molecular complexity index is 6340. The van der Waals surface area contributed by atoms with Gasteiger partial charge in [0.05, 0.1) is 60.9 Å². The van der Waals surface area contributed by atoms with Gasteiger partial charge in [-0.05, 0) is 519 Å². The summed E-state index contributed by atoms with van der Waals surface area (Å²) < 4.78 is 11.3. The third-order valence-corrected chi connectivity index (χ3v) is 30.3. The van der Waals surface area contributed by atoms with Crippen LogP contribution in [0.5, 0.6) is 0 Å². The van der Waals surface area contributed by atoms with Crippen LogP contribution in [0.1, 0.15) is 235 Å². The number of benzene rings is 9. The smallest absolute Gasteiger partial charge is 0.141 e. The van der Waals surface area contributed by atoms with Crippen molar-refractivity contribution in [1.29, 1.82) is 0 Å². The first-order valence-corrected chi connectivity index (χ1v) is 41.7. The van der Waals surface area contributed by atoms with E-state index in [1.54, 1.807) is 0 Å². The van der Waals surface area contributed by atoms with Crippen LogP contribution in [-0.2, 0) is 28.2 Å². The topological polar surface area (TPSA) is 89.1 Å². The maximum atomic E-state index is 5.14. The van der Waals surface area contributed by atoms with Crippen molar-refractivity contribution in [3.05, 3.63) is 235 Å². The highest BCUT2D eigenvalue weighted by atomic mass is 15.1. The van der Waals surface area contributed by atoms with Crippen LogP contribution in [0.4, 0.5) is 0 Å². The highest BCUT2D eigenvalue weighted by Gasteiger charge is 2.29. The van der Waals surface area contributed by atoms with Gasteiger partial charge in [-0.2, -0.15) is 0 Å². The molecular formula is C105H138N10. The lowest BCUT2D eigenvalue weighted by molar-refractivity contribution is 0.882. The van der Waals surface area contributed by atoms with Gasteiger partial charge in [-0.1, -0.05) is 0 Å². The fraction of sp³-hybridized carbons (Fsp3) is 0.438. The Morgan fingerprint density at radius 2 is 0.330 bits per heavy atom. The van der Waals surface area contributed by atoms with Crippen molar-refractivity contribution < 1.29 is 0 Å². The Balaban J connectivity index is 0.000000153. The van der Waals surface area contributed by atoms with E-state index in [1.807, 2.05) is 0 Å². The molecule has 0 fully saturated rings. The molecule has 115 heavy (non-hydrogen) atoms. The Morgan fingerprint density at radius 1 is 0.139 bits per heavy atom. The van der Waals surface area contributed by atoms with Crippen LogP contribution in [0.25, 0.3) is 94.5 Å². The summed E-state index contributed by atoms with van der Waals surface area (Å²) in [7, 11) is 8.50. The summed E-state index contributed by atoms with van der Waals surface area (Å²) in [5, 5.41) is 0. The lowest BCUT2D eigenvalue weighted by atomic mass is 9.82. The van der Waals surface area contributed by atoms with E-state index < -0.39 is 0 Å². The molecule has 0 spiro atoms. The van der Waals surface area contributed by atoms with Gasteiger partial charge in [0.15, 0.2) is 0 Å². The molecule has 0 aliphatic heterocycles. The summed E-state index contributed by atoms with van der Waals surface area (Å²) in [5.74, 6) is 5.39. The van der Waals surface area contributed by atoms with E-state index in [0.717, 1.165) is 56.7 Å². The molecule has 0 bridgehead atoms. The molecule has 10 heteroatoms. The van der Waals surface area contributed by atoms with Gasteiger partial charge in [-0.25, -0.2) is 24.9 Å². The average molecular weight is 1540 g/mol. The minimum Gasteiger partial charge on any atom is -0.331 e. The zero-order valence-electron chi connectivity index (χ0n) is 80.0. The number of aryl methyl sites for hydroxylation is 17. The summed E-state index contributed by atoms with van der Waals surface area (Å²) in [6.07, 6.45) is 0. The predicted octanol–water partition coefficient (Wildman–Crippen LogP) is 27.3. The second-order valence-corrected chi connectivity index (χ2v) is 35.1. The molecule has 0 saturated heterocycles. The van der Waals surface area contributed by atoms with E-state index >= 15 is 0 Å². The lowest BCUT2D eigenvalue weighted by Gasteiger charge is -2.23. The quantitative estimate of drug-likeness (QED) is 0.175. The molecule has 0 aliphatic rings. The van der Waals surface area contributed by atoms with Crippen molar-refractivity contribution in [2.45, 2.75) is 291 Å². The molecule has 5 aromatic heterocycles. The van der Waals surface area contributed by atoms with Crippen molar-refractivity contribution in [3.63, 3.8) is 0 Å². The Hall–Kier alpha value is -9.67. The normalized spacial score (nSPS) is 11.6.